The van der Waals surface area contributed by atoms with Gasteiger partial charge in [-0.2, -0.15) is 5.26 Å². The molecule has 5 aromatic rings. The molecule has 0 spiro atoms. The minimum absolute atomic E-state index is 0.122. The van der Waals surface area contributed by atoms with E-state index < -0.39 is 6.04 Å². The predicted molar refractivity (Wildman–Crippen MR) is 146 cm³/mol. The molecule has 186 valence electrons. The van der Waals surface area contributed by atoms with Gasteiger partial charge in [-0.1, -0.05) is 54.6 Å². The third-order valence-corrected chi connectivity index (χ3v) is 6.79. The van der Waals surface area contributed by atoms with Gasteiger partial charge in [0, 0.05) is 30.4 Å². The second kappa shape index (κ2) is 10.2. The topological polar surface area (TPSA) is 92.0 Å². The van der Waals surface area contributed by atoms with Crippen LogP contribution in [-0.4, -0.2) is 21.5 Å². The first-order valence-corrected chi connectivity index (χ1v) is 12.5. The summed E-state index contributed by atoms with van der Waals surface area (Å²) < 4.78 is 8.26. The number of nitrogens with zero attached hydrogens (tertiary/aromatic N) is 3. The number of amides is 1. The molecule has 2 N–H and O–H groups in total. The van der Waals surface area contributed by atoms with Crippen LogP contribution in [0.3, 0.4) is 0 Å². The van der Waals surface area contributed by atoms with Crippen molar-refractivity contribution in [1.29, 1.82) is 5.26 Å². The Bertz CT molecular complexity index is 1670. The molecule has 0 aliphatic carbocycles. The number of hydrogen-bond donors (Lipinski definition) is 2. The van der Waals surface area contributed by atoms with Gasteiger partial charge in [-0.15, -0.1) is 0 Å². The Morgan fingerprint density at radius 2 is 1.92 bits per heavy atom. The number of benzene rings is 4. The van der Waals surface area contributed by atoms with E-state index in [2.05, 4.69) is 21.7 Å². The van der Waals surface area contributed by atoms with Crippen LogP contribution < -0.4 is 15.4 Å². The smallest absolute Gasteiger partial charge is 0.241 e. The first-order chi connectivity index (χ1) is 18.7. The Balaban J connectivity index is 1.44. The van der Waals surface area contributed by atoms with Gasteiger partial charge in [-0.3, -0.25) is 10.1 Å². The lowest BCUT2D eigenvalue weighted by molar-refractivity contribution is -0.118. The van der Waals surface area contributed by atoms with E-state index >= 15 is 0 Å². The van der Waals surface area contributed by atoms with Crippen LogP contribution in [0.2, 0.25) is 0 Å². The van der Waals surface area contributed by atoms with E-state index in [1.54, 1.807) is 18.6 Å². The molecule has 1 amide bonds. The molecule has 1 atom stereocenters. The van der Waals surface area contributed by atoms with E-state index in [1.807, 2.05) is 83.4 Å². The number of hydrogen-bond acceptors (Lipinski definition) is 5. The molecule has 0 fully saturated rings. The van der Waals surface area contributed by atoms with Crippen molar-refractivity contribution in [2.45, 2.75) is 25.6 Å². The van der Waals surface area contributed by atoms with Crippen molar-refractivity contribution in [3.8, 4) is 17.6 Å². The highest BCUT2D eigenvalue weighted by Crippen LogP contribution is 2.32. The molecule has 38 heavy (non-hydrogen) atoms. The van der Waals surface area contributed by atoms with Gasteiger partial charge >= 0.3 is 0 Å². The third-order valence-electron chi connectivity index (χ3n) is 6.79. The normalized spacial score (nSPS) is 15.3. The summed E-state index contributed by atoms with van der Waals surface area (Å²) in [4.78, 5) is 18.0. The summed E-state index contributed by atoms with van der Waals surface area (Å²) in [5, 5.41) is 18.1. The SMILES string of the molecule is N#Cc1ccc2cc1Oc1ccc3cccc(c3c1)NC(=O)[C@@H](Cc1ccccc1)NCc1cncn1C2. The van der Waals surface area contributed by atoms with Gasteiger partial charge in [0.25, 0.3) is 0 Å². The van der Waals surface area contributed by atoms with E-state index in [-0.39, 0.29) is 5.91 Å². The van der Waals surface area contributed by atoms with E-state index in [0.717, 1.165) is 27.6 Å². The van der Waals surface area contributed by atoms with Gasteiger partial charge in [0.15, 0.2) is 0 Å². The van der Waals surface area contributed by atoms with Crippen LogP contribution in [0, 0.1) is 11.3 Å². The van der Waals surface area contributed by atoms with Crippen LogP contribution >= 0.6 is 0 Å². The number of anilines is 1. The molecule has 4 bridgehead atoms. The number of imidazole rings is 1. The monoisotopic (exact) mass is 499 g/mol. The fourth-order valence-corrected chi connectivity index (χ4v) is 4.78. The van der Waals surface area contributed by atoms with Gasteiger partial charge in [0.05, 0.1) is 23.6 Å². The highest BCUT2D eigenvalue weighted by Gasteiger charge is 2.21. The Hall–Kier alpha value is -4.93. The van der Waals surface area contributed by atoms with Crippen molar-refractivity contribution in [3.63, 3.8) is 0 Å². The summed E-state index contributed by atoms with van der Waals surface area (Å²) in [6.07, 6.45) is 4.12. The molecular weight excluding hydrogens is 474 g/mol. The number of aromatic nitrogens is 2. The Kier molecular flexibility index (Phi) is 6.30. The summed E-state index contributed by atoms with van der Waals surface area (Å²) in [5.41, 5.74) is 4.14. The molecule has 6 rings (SSSR count). The van der Waals surface area contributed by atoms with E-state index in [1.165, 1.54) is 0 Å². The molecule has 0 saturated heterocycles. The number of nitrogens with one attached hydrogen (secondary N) is 2. The fraction of sp³-hybridized carbons (Fsp3) is 0.129. The lowest BCUT2D eigenvalue weighted by Gasteiger charge is -2.20. The molecule has 7 nitrogen and oxygen atoms in total. The second-order valence-electron chi connectivity index (χ2n) is 9.36. The lowest BCUT2D eigenvalue weighted by Crippen LogP contribution is -2.42. The largest absolute Gasteiger partial charge is 0.456 e. The summed E-state index contributed by atoms with van der Waals surface area (Å²) in [7, 11) is 0. The number of rotatable bonds is 2. The summed E-state index contributed by atoms with van der Waals surface area (Å²) in [5.74, 6) is 0.950. The summed E-state index contributed by atoms with van der Waals surface area (Å²) in [6.45, 7) is 1.01. The molecular formula is C31H25N5O2. The molecule has 7 heteroatoms. The molecule has 0 radical (unpaired) electrons. The molecule has 2 heterocycles. The van der Waals surface area contributed by atoms with Crippen molar-refractivity contribution in [2.24, 2.45) is 0 Å². The highest BCUT2D eigenvalue weighted by molar-refractivity contribution is 6.04. The zero-order valence-electron chi connectivity index (χ0n) is 20.6. The first kappa shape index (κ1) is 23.5. The Morgan fingerprint density at radius 3 is 2.79 bits per heavy atom. The number of carbonyl (C=O) groups excluding carboxylic acids is 1. The van der Waals surface area contributed by atoms with Gasteiger partial charge in [-0.25, -0.2) is 4.98 Å². The zero-order chi connectivity index (χ0) is 25.9. The van der Waals surface area contributed by atoms with Crippen LogP contribution in [0.25, 0.3) is 10.8 Å². The van der Waals surface area contributed by atoms with Crippen molar-refractivity contribution in [1.82, 2.24) is 14.9 Å². The fourth-order valence-electron chi connectivity index (χ4n) is 4.78. The Labute approximate surface area is 220 Å². The maximum atomic E-state index is 13.6. The average Bonchev–Trinajstić information content (AvgIpc) is 3.38. The summed E-state index contributed by atoms with van der Waals surface area (Å²) in [6, 6.07) is 28.9. The van der Waals surface area contributed by atoms with Crippen LogP contribution in [0.1, 0.15) is 22.4 Å². The molecule has 0 unspecified atom stereocenters. The van der Waals surface area contributed by atoms with Crippen LogP contribution in [0.5, 0.6) is 11.5 Å². The second-order valence-corrected chi connectivity index (χ2v) is 9.36. The van der Waals surface area contributed by atoms with Gasteiger partial charge in [-0.05, 0) is 53.3 Å². The van der Waals surface area contributed by atoms with Crippen molar-refractivity contribution >= 4 is 22.4 Å². The lowest BCUT2D eigenvalue weighted by atomic mass is 10.0. The molecule has 1 aliphatic rings. The molecule has 4 aromatic carbocycles. The molecule has 0 saturated carbocycles. The Morgan fingerprint density at radius 1 is 1.03 bits per heavy atom. The van der Waals surface area contributed by atoms with Crippen molar-refractivity contribution in [3.05, 3.63) is 120 Å². The minimum Gasteiger partial charge on any atom is -0.456 e. The maximum absolute atomic E-state index is 13.6. The molecule has 1 aromatic heterocycles. The number of carbonyl (C=O) groups is 1. The first-order valence-electron chi connectivity index (χ1n) is 12.5. The van der Waals surface area contributed by atoms with E-state index in [9.17, 15) is 10.1 Å². The van der Waals surface area contributed by atoms with Crippen LogP contribution in [0.4, 0.5) is 5.69 Å². The van der Waals surface area contributed by atoms with E-state index in [4.69, 9.17) is 4.74 Å². The number of ether oxygens (including phenoxy) is 1. The van der Waals surface area contributed by atoms with Crippen LogP contribution in [0.15, 0.2) is 97.5 Å². The predicted octanol–water partition coefficient (Wildman–Crippen LogP) is 5.40. The van der Waals surface area contributed by atoms with Crippen molar-refractivity contribution < 1.29 is 9.53 Å². The van der Waals surface area contributed by atoms with Gasteiger partial charge in [0.2, 0.25) is 5.91 Å². The minimum atomic E-state index is -0.468. The number of nitriles is 1. The van der Waals surface area contributed by atoms with E-state index in [0.29, 0.717) is 42.3 Å². The molecule has 1 aliphatic heterocycles. The number of fused-ring (bicyclic) bond motifs is 4. The van der Waals surface area contributed by atoms with Crippen LogP contribution in [-0.2, 0) is 24.3 Å². The quantitative estimate of drug-likeness (QED) is 0.339. The standard InChI is InChI=1S/C31H25N5O2/c32-16-24-10-9-22-14-30(24)38-26-12-11-23-7-4-8-28(27(23)15-26)35-31(37)29(13-21-5-2-1-3-6-21)34-18-25-17-33-20-36(25)19-22/h1-12,14-15,17,20,29,34H,13,18-19H2,(H,35,37)/t29-/m1/s1. The van der Waals surface area contributed by atoms with Gasteiger partial charge in [0.1, 0.15) is 17.6 Å². The summed E-state index contributed by atoms with van der Waals surface area (Å²) >= 11 is 0. The maximum Gasteiger partial charge on any atom is 0.241 e. The average molecular weight is 500 g/mol. The highest BCUT2D eigenvalue weighted by atomic mass is 16.5. The van der Waals surface area contributed by atoms with Gasteiger partial charge < -0.3 is 14.6 Å². The third kappa shape index (κ3) is 4.85. The zero-order valence-corrected chi connectivity index (χ0v) is 20.6. The van der Waals surface area contributed by atoms with Crippen molar-refractivity contribution in [2.75, 3.05) is 5.32 Å².